The first-order valence-corrected chi connectivity index (χ1v) is 12.1. The van der Waals surface area contributed by atoms with Crippen LogP contribution in [0, 0.1) is 0 Å². The largest absolute Gasteiger partial charge is 0.295 e. The van der Waals surface area contributed by atoms with Crippen LogP contribution < -0.4 is 5.56 Å². The van der Waals surface area contributed by atoms with Crippen molar-refractivity contribution in [2.45, 2.75) is 0 Å². The Kier molecular flexibility index (Phi) is 4.61. The number of nitrogens with zero attached hydrogens (tertiary/aromatic N) is 2. The molecule has 36 heavy (non-hydrogen) atoms. The Morgan fingerprint density at radius 1 is 0.472 bits per heavy atom. The third-order valence-electron chi connectivity index (χ3n) is 6.93. The van der Waals surface area contributed by atoms with Gasteiger partial charge in [0.15, 0.2) is 0 Å². The fourth-order valence-corrected chi connectivity index (χ4v) is 5.17. The van der Waals surface area contributed by atoms with Crippen LogP contribution in [0.4, 0.5) is 0 Å². The van der Waals surface area contributed by atoms with Crippen molar-refractivity contribution >= 4 is 27.5 Å². The molecule has 0 saturated carbocycles. The highest BCUT2D eigenvalue weighted by atomic mass is 16.1. The number of hydrogen-bond donors (Lipinski definition) is 0. The fourth-order valence-electron chi connectivity index (χ4n) is 5.17. The third kappa shape index (κ3) is 3.18. The smallest absolute Gasteiger partial charge is 0.266 e. The van der Waals surface area contributed by atoms with Crippen molar-refractivity contribution in [2.75, 3.05) is 0 Å². The molecule has 3 heteroatoms. The van der Waals surface area contributed by atoms with Crippen molar-refractivity contribution < 1.29 is 0 Å². The van der Waals surface area contributed by atoms with E-state index in [1.54, 1.807) is 0 Å². The van der Waals surface area contributed by atoms with Gasteiger partial charge in [0.2, 0.25) is 0 Å². The highest BCUT2D eigenvalue weighted by Gasteiger charge is 2.16. The standard InChI is InChI=1S/C33H22N2O/c36-33-29-13-7-8-14-30(29)35-31-21-26(24-11-5-2-6-12-24)15-16-27(31)22-32(35)34(33)28-19-17-25(18-20-28)23-9-3-1-4-10-23/h1-22H. The van der Waals surface area contributed by atoms with Crippen molar-refractivity contribution in [2.24, 2.45) is 0 Å². The minimum absolute atomic E-state index is 0.0170. The molecule has 0 aliphatic carbocycles. The molecule has 0 spiro atoms. The van der Waals surface area contributed by atoms with Crippen LogP contribution in [0.5, 0.6) is 0 Å². The van der Waals surface area contributed by atoms with E-state index in [1.807, 2.05) is 65.2 Å². The Bertz CT molecular complexity index is 1930. The summed E-state index contributed by atoms with van der Waals surface area (Å²) in [5.41, 5.74) is 8.27. The number of benzene rings is 5. The predicted molar refractivity (Wildman–Crippen MR) is 149 cm³/mol. The molecule has 0 bridgehead atoms. The predicted octanol–water partition coefficient (Wildman–Crippen LogP) is 7.73. The summed E-state index contributed by atoms with van der Waals surface area (Å²) < 4.78 is 4.04. The van der Waals surface area contributed by atoms with E-state index < -0.39 is 0 Å². The van der Waals surface area contributed by atoms with Crippen LogP contribution in [-0.4, -0.2) is 8.97 Å². The van der Waals surface area contributed by atoms with Crippen molar-refractivity contribution in [1.29, 1.82) is 0 Å². The highest BCUT2D eigenvalue weighted by Crippen LogP contribution is 2.30. The lowest BCUT2D eigenvalue weighted by Crippen LogP contribution is -2.21. The van der Waals surface area contributed by atoms with Crippen molar-refractivity contribution in [3.05, 3.63) is 144 Å². The molecule has 2 heterocycles. The van der Waals surface area contributed by atoms with E-state index in [1.165, 1.54) is 5.56 Å². The Balaban J connectivity index is 1.52. The molecule has 0 unspecified atom stereocenters. The zero-order chi connectivity index (χ0) is 24.1. The van der Waals surface area contributed by atoms with Gasteiger partial charge >= 0.3 is 0 Å². The van der Waals surface area contributed by atoms with Gasteiger partial charge in [0.05, 0.1) is 22.1 Å². The van der Waals surface area contributed by atoms with Gasteiger partial charge in [0.25, 0.3) is 5.56 Å². The van der Waals surface area contributed by atoms with E-state index >= 15 is 0 Å². The Hall–Kier alpha value is -4.89. The molecule has 170 valence electrons. The van der Waals surface area contributed by atoms with E-state index in [9.17, 15) is 4.79 Å². The lowest BCUT2D eigenvalue weighted by atomic mass is 10.0. The highest BCUT2D eigenvalue weighted by molar-refractivity contribution is 5.95. The second kappa shape index (κ2) is 8.10. The van der Waals surface area contributed by atoms with Gasteiger partial charge in [-0.25, -0.2) is 0 Å². The van der Waals surface area contributed by atoms with Crippen LogP contribution in [0.25, 0.3) is 55.4 Å². The van der Waals surface area contributed by atoms with Crippen molar-refractivity contribution in [3.8, 4) is 27.9 Å². The molecular weight excluding hydrogens is 440 g/mol. The number of para-hydroxylation sites is 1. The summed E-state index contributed by atoms with van der Waals surface area (Å²) in [6.45, 7) is 0. The summed E-state index contributed by atoms with van der Waals surface area (Å²) in [6.07, 6.45) is 0. The van der Waals surface area contributed by atoms with Crippen LogP contribution in [0.3, 0.4) is 0 Å². The Morgan fingerprint density at radius 3 is 1.78 bits per heavy atom. The summed E-state index contributed by atoms with van der Waals surface area (Å²) in [7, 11) is 0. The van der Waals surface area contributed by atoms with Gasteiger partial charge in [-0.05, 0) is 58.7 Å². The first-order valence-electron chi connectivity index (χ1n) is 12.1. The second-order valence-corrected chi connectivity index (χ2v) is 9.05. The van der Waals surface area contributed by atoms with Crippen LogP contribution in [0.15, 0.2) is 138 Å². The maximum atomic E-state index is 13.8. The average molecular weight is 463 g/mol. The average Bonchev–Trinajstić information content (AvgIpc) is 3.33. The van der Waals surface area contributed by atoms with Gasteiger partial charge in [-0.15, -0.1) is 0 Å². The number of aromatic nitrogens is 2. The maximum Gasteiger partial charge on any atom is 0.266 e. The van der Waals surface area contributed by atoms with E-state index in [2.05, 4.69) is 77.2 Å². The van der Waals surface area contributed by atoms with Gasteiger partial charge in [-0.3, -0.25) is 13.8 Å². The lowest BCUT2D eigenvalue weighted by molar-refractivity contribution is 1.01. The zero-order valence-corrected chi connectivity index (χ0v) is 19.5. The molecule has 0 aliphatic heterocycles. The molecule has 7 aromatic rings. The minimum atomic E-state index is -0.0170. The molecule has 0 amide bonds. The van der Waals surface area contributed by atoms with Crippen molar-refractivity contribution in [1.82, 2.24) is 8.97 Å². The summed E-state index contributed by atoms with van der Waals surface area (Å²) >= 11 is 0. The van der Waals surface area contributed by atoms with E-state index in [0.29, 0.717) is 5.39 Å². The fraction of sp³-hybridized carbons (Fsp3) is 0. The van der Waals surface area contributed by atoms with Gasteiger partial charge in [-0.1, -0.05) is 97.1 Å². The van der Waals surface area contributed by atoms with E-state index in [-0.39, 0.29) is 5.56 Å². The van der Waals surface area contributed by atoms with Gasteiger partial charge < -0.3 is 0 Å². The normalized spacial score (nSPS) is 11.4. The van der Waals surface area contributed by atoms with Crippen LogP contribution in [0.1, 0.15) is 0 Å². The van der Waals surface area contributed by atoms with E-state index in [4.69, 9.17) is 0 Å². The number of hydrogen-bond acceptors (Lipinski definition) is 1. The van der Waals surface area contributed by atoms with Gasteiger partial charge in [-0.2, -0.15) is 0 Å². The number of rotatable bonds is 3. The quantitative estimate of drug-likeness (QED) is 0.264. The maximum absolute atomic E-state index is 13.8. The molecular formula is C33H22N2O. The lowest BCUT2D eigenvalue weighted by Gasteiger charge is -2.13. The molecule has 0 radical (unpaired) electrons. The Morgan fingerprint density at radius 2 is 1.06 bits per heavy atom. The summed E-state index contributed by atoms with van der Waals surface area (Å²) in [4.78, 5) is 13.8. The number of fused-ring (bicyclic) bond motifs is 5. The van der Waals surface area contributed by atoms with Gasteiger partial charge in [0.1, 0.15) is 5.65 Å². The zero-order valence-electron chi connectivity index (χ0n) is 19.5. The first-order chi connectivity index (χ1) is 17.8. The van der Waals surface area contributed by atoms with Gasteiger partial charge in [0, 0.05) is 5.39 Å². The van der Waals surface area contributed by atoms with Crippen LogP contribution >= 0.6 is 0 Å². The van der Waals surface area contributed by atoms with Crippen LogP contribution in [-0.2, 0) is 0 Å². The molecule has 0 aliphatic rings. The Labute approximate surface area is 208 Å². The summed E-state index contributed by atoms with van der Waals surface area (Å²) in [5, 5.41) is 1.79. The van der Waals surface area contributed by atoms with E-state index in [0.717, 1.165) is 44.4 Å². The molecule has 2 aromatic heterocycles. The summed E-state index contributed by atoms with van der Waals surface area (Å²) in [5.74, 6) is 0. The molecule has 0 fully saturated rings. The van der Waals surface area contributed by atoms with Crippen molar-refractivity contribution in [3.63, 3.8) is 0 Å². The molecule has 0 N–H and O–H groups in total. The molecule has 7 rings (SSSR count). The SMILES string of the molecule is O=c1c2ccccc2n2c3cc(-c4ccccc4)ccc3cc2n1-c1ccc(-c2ccccc2)cc1. The third-order valence-corrected chi connectivity index (χ3v) is 6.93. The second-order valence-electron chi connectivity index (χ2n) is 9.05. The minimum Gasteiger partial charge on any atom is -0.295 e. The molecule has 0 saturated heterocycles. The molecule has 5 aromatic carbocycles. The summed E-state index contributed by atoms with van der Waals surface area (Å²) in [6, 6.07) is 45.4. The van der Waals surface area contributed by atoms with Crippen LogP contribution in [0.2, 0.25) is 0 Å². The molecule has 0 atom stereocenters. The first kappa shape index (κ1) is 20.5. The topological polar surface area (TPSA) is 26.4 Å². The molecule has 3 nitrogen and oxygen atoms in total. The monoisotopic (exact) mass is 462 g/mol.